The molecular formula is C24H31N3O2. The van der Waals surface area contributed by atoms with Crippen LogP contribution >= 0.6 is 0 Å². The summed E-state index contributed by atoms with van der Waals surface area (Å²) < 4.78 is 6.34. The Morgan fingerprint density at radius 2 is 1.69 bits per heavy atom. The summed E-state index contributed by atoms with van der Waals surface area (Å²) in [6.07, 6.45) is 9.64. The van der Waals surface area contributed by atoms with E-state index in [9.17, 15) is 4.79 Å². The molecule has 1 amide bonds. The fraction of sp³-hybridized carbons (Fsp3) is 0.500. The van der Waals surface area contributed by atoms with E-state index in [0.29, 0.717) is 25.7 Å². The van der Waals surface area contributed by atoms with Crippen molar-refractivity contribution in [2.24, 2.45) is 0 Å². The van der Waals surface area contributed by atoms with Crippen LogP contribution < -0.4 is 0 Å². The molecule has 29 heavy (non-hydrogen) atoms. The quantitative estimate of drug-likeness (QED) is 0.752. The molecule has 1 aliphatic heterocycles. The van der Waals surface area contributed by atoms with E-state index >= 15 is 0 Å². The molecule has 2 aromatic rings. The molecule has 0 unspecified atom stereocenters. The molecule has 1 saturated carbocycles. The van der Waals surface area contributed by atoms with Crippen LogP contribution in [0, 0.1) is 0 Å². The van der Waals surface area contributed by atoms with Gasteiger partial charge < -0.3 is 9.64 Å². The van der Waals surface area contributed by atoms with E-state index < -0.39 is 0 Å². The predicted octanol–water partition coefficient (Wildman–Crippen LogP) is 3.64. The zero-order valence-corrected chi connectivity index (χ0v) is 17.1. The first kappa shape index (κ1) is 20.0. The Morgan fingerprint density at radius 1 is 0.931 bits per heavy atom. The third-order valence-corrected chi connectivity index (χ3v) is 6.04. The van der Waals surface area contributed by atoms with Crippen LogP contribution in [0.4, 0.5) is 0 Å². The highest BCUT2D eigenvalue weighted by molar-refractivity contribution is 5.79. The first-order chi connectivity index (χ1) is 14.3. The van der Waals surface area contributed by atoms with Crippen molar-refractivity contribution in [1.82, 2.24) is 14.8 Å². The van der Waals surface area contributed by atoms with Crippen molar-refractivity contribution in [2.75, 3.05) is 19.6 Å². The number of nitrogens with zero attached hydrogens (tertiary/aromatic N) is 3. The summed E-state index contributed by atoms with van der Waals surface area (Å²) in [5, 5.41) is 0. The van der Waals surface area contributed by atoms with Gasteiger partial charge in [-0.25, -0.2) is 0 Å². The molecule has 5 nitrogen and oxygen atoms in total. The zero-order chi connectivity index (χ0) is 19.9. The van der Waals surface area contributed by atoms with Gasteiger partial charge in [-0.2, -0.15) is 0 Å². The Hall–Kier alpha value is -2.24. The Labute approximate surface area is 173 Å². The monoisotopic (exact) mass is 393 g/mol. The van der Waals surface area contributed by atoms with E-state index in [2.05, 4.69) is 26.9 Å². The number of hydrogen-bond acceptors (Lipinski definition) is 4. The normalized spacial score (nSPS) is 21.9. The molecule has 2 heterocycles. The van der Waals surface area contributed by atoms with Gasteiger partial charge in [0.1, 0.15) is 0 Å². The Kier molecular flexibility index (Phi) is 6.91. The molecule has 1 atom stereocenters. The fourth-order valence-electron chi connectivity index (χ4n) is 4.52. The third-order valence-electron chi connectivity index (χ3n) is 6.04. The molecule has 4 rings (SSSR count). The summed E-state index contributed by atoms with van der Waals surface area (Å²) in [5.74, 6) is 0.247. The van der Waals surface area contributed by atoms with Crippen molar-refractivity contribution in [3.05, 3.63) is 66.0 Å². The van der Waals surface area contributed by atoms with Crippen LogP contribution in [0.5, 0.6) is 0 Å². The highest BCUT2D eigenvalue weighted by atomic mass is 16.5. The molecule has 0 spiro atoms. The van der Waals surface area contributed by atoms with Crippen LogP contribution in [0.15, 0.2) is 54.9 Å². The molecule has 5 heteroatoms. The van der Waals surface area contributed by atoms with Crippen LogP contribution in [-0.2, 0) is 22.7 Å². The van der Waals surface area contributed by atoms with Crippen molar-refractivity contribution < 1.29 is 9.53 Å². The van der Waals surface area contributed by atoms with Crippen molar-refractivity contribution in [3.63, 3.8) is 0 Å². The number of rotatable bonds is 6. The fourth-order valence-corrected chi connectivity index (χ4v) is 4.52. The highest BCUT2D eigenvalue weighted by Gasteiger charge is 2.33. The first-order valence-electron chi connectivity index (χ1n) is 10.8. The summed E-state index contributed by atoms with van der Waals surface area (Å²) in [4.78, 5) is 21.6. The second-order valence-electron chi connectivity index (χ2n) is 8.28. The number of amides is 1. The maximum absolute atomic E-state index is 13.2. The van der Waals surface area contributed by atoms with Gasteiger partial charge in [0.05, 0.1) is 19.3 Å². The molecule has 1 saturated heterocycles. The maximum Gasteiger partial charge on any atom is 0.237 e. The van der Waals surface area contributed by atoms with Crippen LogP contribution in [0.2, 0.25) is 0 Å². The SMILES string of the molecule is O=C1CN(Cc2ccncc2)C[C@H](OCc2ccccc2)CN1C1CCCCC1. The van der Waals surface area contributed by atoms with Gasteiger partial charge in [-0.15, -0.1) is 0 Å². The van der Waals surface area contributed by atoms with Crippen molar-refractivity contribution >= 4 is 5.91 Å². The third kappa shape index (κ3) is 5.64. The van der Waals surface area contributed by atoms with Crippen LogP contribution in [0.25, 0.3) is 0 Å². The van der Waals surface area contributed by atoms with Gasteiger partial charge in [0, 0.05) is 38.1 Å². The molecule has 1 aliphatic carbocycles. The Balaban J connectivity index is 1.47. The van der Waals surface area contributed by atoms with Gasteiger partial charge in [-0.05, 0) is 36.1 Å². The average Bonchev–Trinajstić information content (AvgIpc) is 2.92. The number of aromatic nitrogens is 1. The number of carbonyl (C=O) groups is 1. The summed E-state index contributed by atoms with van der Waals surface area (Å²) in [5.41, 5.74) is 2.36. The van der Waals surface area contributed by atoms with Gasteiger partial charge >= 0.3 is 0 Å². The summed E-state index contributed by atoms with van der Waals surface area (Å²) in [6.45, 7) is 3.26. The lowest BCUT2D eigenvalue weighted by Crippen LogP contribution is -2.45. The lowest BCUT2D eigenvalue weighted by molar-refractivity contribution is -0.135. The van der Waals surface area contributed by atoms with Crippen LogP contribution in [-0.4, -0.2) is 52.5 Å². The Bertz CT molecular complexity index is 762. The molecule has 0 bridgehead atoms. The van der Waals surface area contributed by atoms with E-state index in [0.717, 1.165) is 25.9 Å². The molecule has 154 valence electrons. The van der Waals surface area contributed by atoms with Crippen LogP contribution in [0.3, 0.4) is 0 Å². The van der Waals surface area contributed by atoms with Crippen LogP contribution in [0.1, 0.15) is 43.2 Å². The predicted molar refractivity (Wildman–Crippen MR) is 113 cm³/mol. The van der Waals surface area contributed by atoms with Crippen molar-refractivity contribution in [1.29, 1.82) is 0 Å². The molecule has 2 aliphatic rings. The van der Waals surface area contributed by atoms with Gasteiger partial charge in [0.25, 0.3) is 0 Å². The lowest BCUT2D eigenvalue weighted by atomic mass is 9.94. The molecule has 0 N–H and O–H groups in total. The number of hydrogen-bond donors (Lipinski definition) is 0. The summed E-state index contributed by atoms with van der Waals surface area (Å²) >= 11 is 0. The number of ether oxygens (including phenoxy) is 1. The standard InChI is InChI=1S/C24H31N3O2/c28-24-18-26(15-20-11-13-25-14-12-20)16-23(29-19-21-7-3-1-4-8-21)17-27(24)22-9-5-2-6-10-22/h1,3-4,7-8,11-14,22-23H,2,5-6,9-10,15-19H2/t23-/m0/s1. The molecular weight excluding hydrogens is 362 g/mol. The van der Waals surface area contributed by atoms with Crippen molar-refractivity contribution in [3.8, 4) is 0 Å². The minimum Gasteiger partial charge on any atom is -0.370 e. The minimum absolute atomic E-state index is 0.0189. The average molecular weight is 394 g/mol. The van der Waals surface area contributed by atoms with Gasteiger partial charge in [-0.3, -0.25) is 14.7 Å². The number of carbonyl (C=O) groups excluding carboxylic acids is 1. The largest absolute Gasteiger partial charge is 0.370 e. The highest BCUT2D eigenvalue weighted by Crippen LogP contribution is 2.25. The Morgan fingerprint density at radius 3 is 2.45 bits per heavy atom. The number of pyridine rings is 1. The van der Waals surface area contributed by atoms with Crippen molar-refractivity contribution in [2.45, 2.75) is 57.4 Å². The summed E-state index contributed by atoms with van der Waals surface area (Å²) in [6, 6.07) is 14.7. The lowest BCUT2D eigenvalue weighted by Gasteiger charge is -2.35. The molecule has 0 radical (unpaired) electrons. The second kappa shape index (κ2) is 9.99. The van der Waals surface area contributed by atoms with Gasteiger partial charge in [-0.1, -0.05) is 49.6 Å². The first-order valence-corrected chi connectivity index (χ1v) is 10.8. The van der Waals surface area contributed by atoms with E-state index in [-0.39, 0.29) is 12.0 Å². The smallest absolute Gasteiger partial charge is 0.237 e. The van der Waals surface area contributed by atoms with E-state index in [1.165, 1.54) is 30.4 Å². The topological polar surface area (TPSA) is 45.7 Å². The molecule has 1 aromatic heterocycles. The second-order valence-corrected chi connectivity index (χ2v) is 8.28. The minimum atomic E-state index is 0.0189. The maximum atomic E-state index is 13.2. The van der Waals surface area contributed by atoms with E-state index in [1.54, 1.807) is 0 Å². The summed E-state index contributed by atoms with van der Waals surface area (Å²) in [7, 11) is 0. The van der Waals surface area contributed by atoms with Gasteiger partial charge in [0.15, 0.2) is 0 Å². The van der Waals surface area contributed by atoms with Gasteiger partial charge in [0.2, 0.25) is 5.91 Å². The molecule has 2 fully saturated rings. The van der Waals surface area contributed by atoms with E-state index in [4.69, 9.17) is 4.74 Å². The molecule has 1 aromatic carbocycles. The zero-order valence-electron chi connectivity index (χ0n) is 17.1. The number of benzene rings is 1. The van der Waals surface area contributed by atoms with E-state index in [1.807, 2.05) is 42.7 Å².